The van der Waals surface area contributed by atoms with Crippen LogP contribution in [0.4, 0.5) is 4.39 Å². The lowest BCUT2D eigenvalue weighted by molar-refractivity contribution is -0.120. The minimum atomic E-state index is -0.319. The van der Waals surface area contributed by atoms with E-state index < -0.39 is 0 Å². The molecular formula is C18H16FN3O2S2. The molecule has 1 atom stereocenters. The zero-order valence-electron chi connectivity index (χ0n) is 13.8. The number of hydrogen-bond acceptors (Lipinski definition) is 5. The van der Waals surface area contributed by atoms with Crippen LogP contribution in [0.1, 0.15) is 19.3 Å². The number of hydrogen-bond donors (Lipinski definition) is 2. The topological polar surface area (TPSA) is 74.8 Å². The Morgan fingerprint density at radius 2 is 2.00 bits per heavy atom. The van der Waals surface area contributed by atoms with Gasteiger partial charge in [0.15, 0.2) is 5.16 Å². The van der Waals surface area contributed by atoms with Crippen molar-refractivity contribution in [1.82, 2.24) is 15.3 Å². The maximum atomic E-state index is 13.1. The number of aromatic amines is 1. The standard InChI is InChI=1S/C18H16FN3O2S2/c19-11-6-4-10(5-7-11)12-9-25-17-14(12)16(24)21-18(22-17)26-13-3-1-2-8-20-15(13)23/h4-7,9,13H,1-3,8H2,(H,20,23)(H,21,22,24)/t13-/m1/s1. The van der Waals surface area contributed by atoms with Crippen molar-refractivity contribution in [3.05, 3.63) is 45.8 Å². The molecule has 8 heteroatoms. The first-order chi connectivity index (χ1) is 12.6. The molecule has 2 N–H and O–H groups in total. The Hall–Kier alpha value is -2.19. The Bertz CT molecular complexity index is 1010. The van der Waals surface area contributed by atoms with E-state index in [1.165, 1.54) is 35.2 Å². The van der Waals surface area contributed by atoms with Crippen molar-refractivity contribution in [2.45, 2.75) is 29.7 Å². The summed E-state index contributed by atoms with van der Waals surface area (Å²) in [5.41, 5.74) is 1.27. The van der Waals surface area contributed by atoms with Crippen molar-refractivity contribution in [1.29, 1.82) is 0 Å². The lowest BCUT2D eigenvalue weighted by atomic mass is 10.1. The van der Waals surface area contributed by atoms with Gasteiger partial charge in [-0.1, -0.05) is 30.3 Å². The van der Waals surface area contributed by atoms with Crippen molar-refractivity contribution < 1.29 is 9.18 Å². The van der Waals surface area contributed by atoms with Crippen LogP contribution in [-0.2, 0) is 4.79 Å². The number of aromatic nitrogens is 2. The zero-order valence-corrected chi connectivity index (χ0v) is 15.4. The number of amides is 1. The number of benzene rings is 1. The zero-order chi connectivity index (χ0) is 18.1. The normalized spacial score (nSPS) is 17.9. The van der Waals surface area contributed by atoms with Crippen LogP contribution in [-0.4, -0.2) is 27.7 Å². The van der Waals surface area contributed by atoms with Gasteiger partial charge in [-0.05, 0) is 30.5 Å². The first-order valence-corrected chi connectivity index (χ1v) is 10.1. The summed E-state index contributed by atoms with van der Waals surface area (Å²) in [6, 6.07) is 6.04. The van der Waals surface area contributed by atoms with E-state index in [0.29, 0.717) is 21.9 Å². The van der Waals surface area contributed by atoms with Gasteiger partial charge in [-0.15, -0.1) is 11.3 Å². The van der Waals surface area contributed by atoms with E-state index in [4.69, 9.17) is 0 Å². The summed E-state index contributed by atoms with van der Waals surface area (Å²) in [6.45, 7) is 0.699. The highest BCUT2D eigenvalue weighted by atomic mass is 32.2. The lowest BCUT2D eigenvalue weighted by Gasteiger charge is -2.11. The van der Waals surface area contributed by atoms with E-state index in [1.807, 2.05) is 5.38 Å². The quantitative estimate of drug-likeness (QED) is 0.672. The van der Waals surface area contributed by atoms with Gasteiger partial charge < -0.3 is 10.3 Å². The van der Waals surface area contributed by atoms with Crippen LogP contribution >= 0.6 is 23.1 Å². The molecule has 26 heavy (non-hydrogen) atoms. The number of carbonyl (C=O) groups excluding carboxylic acids is 1. The van der Waals surface area contributed by atoms with Gasteiger partial charge in [-0.3, -0.25) is 9.59 Å². The summed E-state index contributed by atoms with van der Waals surface area (Å²) >= 11 is 2.67. The van der Waals surface area contributed by atoms with Gasteiger partial charge in [0.1, 0.15) is 10.6 Å². The van der Waals surface area contributed by atoms with Crippen molar-refractivity contribution in [3.8, 4) is 11.1 Å². The minimum Gasteiger partial charge on any atom is -0.355 e. The molecule has 5 nitrogen and oxygen atoms in total. The predicted molar refractivity (Wildman–Crippen MR) is 102 cm³/mol. The highest BCUT2D eigenvalue weighted by molar-refractivity contribution is 8.00. The summed E-state index contributed by atoms with van der Waals surface area (Å²) in [5.74, 6) is -0.325. The van der Waals surface area contributed by atoms with Gasteiger partial charge in [0.25, 0.3) is 5.56 Å². The van der Waals surface area contributed by atoms with Crippen LogP contribution in [0.5, 0.6) is 0 Å². The lowest BCUT2D eigenvalue weighted by Crippen LogP contribution is -2.30. The maximum Gasteiger partial charge on any atom is 0.260 e. The van der Waals surface area contributed by atoms with Gasteiger partial charge in [0, 0.05) is 17.5 Å². The van der Waals surface area contributed by atoms with Gasteiger partial charge in [-0.25, -0.2) is 9.37 Å². The molecule has 0 spiro atoms. The summed E-state index contributed by atoms with van der Waals surface area (Å²) in [7, 11) is 0. The number of carbonyl (C=O) groups is 1. The summed E-state index contributed by atoms with van der Waals surface area (Å²) < 4.78 is 13.1. The molecule has 1 fully saturated rings. The third-order valence-electron chi connectivity index (χ3n) is 4.32. The smallest absolute Gasteiger partial charge is 0.260 e. The van der Waals surface area contributed by atoms with E-state index >= 15 is 0 Å². The molecule has 1 saturated heterocycles. The number of halogens is 1. The molecule has 0 unspecified atom stereocenters. The van der Waals surface area contributed by atoms with E-state index in [0.717, 1.165) is 30.4 Å². The van der Waals surface area contributed by atoms with Gasteiger partial charge in [0.05, 0.1) is 10.6 Å². The van der Waals surface area contributed by atoms with Crippen molar-refractivity contribution in [2.75, 3.05) is 6.54 Å². The van der Waals surface area contributed by atoms with Crippen LogP contribution in [0, 0.1) is 5.82 Å². The first kappa shape index (κ1) is 17.2. The molecule has 3 aromatic rings. The van der Waals surface area contributed by atoms with E-state index in [9.17, 15) is 14.0 Å². The van der Waals surface area contributed by atoms with E-state index in [2.05, 4.69) is 15.3 Å². The number of rotatable bonds is 3. The Kier molecular flexibility index (Phi) is 4.78. The molecular weight excluding hydrogens is 373 g/mol. The molecule has 2 aromatic heterocycles. The fourth-order valence-electron chi connectivity index (χ4n) is 2.99. The molecule has 0 radical (unpaired) electrons. The van der Waals surface area contributed by atoms with Crippen LogP contribution in [0.15, 0.2) is 39.6 Å². The molecule has 4 rings (SSSR count). The Morgan fingerprint density at radius 3 is 2.81 bits per heavy atom. The third kappa shape index (κ3) is 3.39. The Labute approximate surface area is 157 Å². The largest absolute Gasteiger partial charge is 0.355 e. The molecule has 0 aliphatic carbocycles. The second-order valence-corrected chi connectivity index (χ2v) is 8.15. The molecule has 3 heterocycles. The molecule has 1 amide bonds. The van der Waals surface area contributed by atoms with Crippen LogP contribution in [0.25, 0.3) is 21.3 Å². The summed E-state index contributed by atoms with van der Waals surface area (Å²) in [6.07, 6.45) is 2.71. The number of nitrogens with one attached hydrogen (secondary N) is 2. The molecule has 0 saturated carbocycles. The monoisotopic (exact) mass is 389 g/mol. The van der Waals surface area contributed by atoms with Crippen molar-refractivity contribution >= 4 is 39.2 Å². The number of H-pyrrole nitrogens is 1. The van der Waals surface area contributed by atoms with Gasteiger partial charge in [0.2, 0.25) is 5.91 Å². The highest BCUT2D eigenvalue weighted by Gasteiger charge is 2.23. The van der Waals surface area contributed by atoms with Crippen LogP contribution in [0.2, 0.25) is 0 Å². The van der Waals surface area contributed by atoms with E-state index in [-0.39, 0.29) is 22.5 Å². The first-order valence-electron chi connectivity index (χ1n) is 8.33. The predicted octanol–water partition coefficient (Wildman–Crippen LogP) is 3.55. The highest BCUT2D eigenvalue weighted by Crippen LogP contribution is 2.32. The average molecular weight is 389 g/mol. The maximum absolute atomic E-state index is 13.1. The van der Waals surface area contributed by atoms with Crippen molar-refractivity contribution in [2.24, 2.45) is 0 Å². The average Bonchev–Trinajstić information content (AvgIpc) is 2.95. The molecule has 1 aromatic carbocycles. The molecule has 134 valence electrons. The second kappa shape index (κ2) is 7.20. The fourth-order valence-corrected chi connectivity index (χ4v) is 5.03. The Morgan fingerprint density at radius 1 is 1.19 bits per heavy atom. The molecule has 1 aliphatic heterocycles. The van der Waals surface area contributed by atoms with Gasteiger partial charge >= 0.3 is 0 Å². The van der Waals surface area contributed by atoms with E-state index in [1.54, 1.807) is 12.1 Å². The third-order valence-corrected chi connectivity index (χ3v) is 6.34. The van der Waals surface area contributed by atoms with Gasteiger partial charge in [-0.2, -0.15) is 0 Å². The number of fused-ring (bicyclic) bond motifs is 1. The Balaban J connectivity index is 1.68. The summed E-state index contributed by atoms with van der Waals surface area (Å²) in [4.78, 5) is 32.7. The molecule has 0 bridgehead atoms. The number of thioether (sulfide) groups is 1. The van der Waals surface area contributed by atoms with Crippen LogP contribution < -0.4 is 10.9 Å². The van der Waals surface area contributed by atoms with Crippen molar-refractivity contribution in [3.63, 3.8) is 0 Å². The second-order valence-electron chi connectivity index (χ2n) is 6.10. The fraction of sp³-hybridized carbons (Fsp3) is 0.278. The summed E-state index contributed by atoms with van der Waals surface area (Å²) in [5, 5.41) is 5.45. The molecule has 1 aliphatic rings. The SMILES string of the molecule is O=C1NCCCC[C@H]1Sc1nc2scc(-c3ccc(F)cc3)c2c(=O)[nH]1. The van der Waals surface area contributed by atoms with Crippen LogP contribution in [0.3, 0.4) is 0 Å². The number of thiophene rings is 1. The number of nitrogens with zero attached hydrogens (tertiary/aromatic N) is 1. The minimum absolute atomic E-state index is 0.00609.